The van der Waals surface area contributed by atoms with Crippen LogP contribution in [0.25, 0.3) is 0 Å². The SMILES string of the molecule is CCC1CN(C(=NC)NCCN(CCOC)C2CC2)CCS1.I. The van der Waals surface area contributed by atoms with Crippen molar-refractivity contribution in [2.75, 3.05) is 59.2 Å². The van der Waals surface area contributed by atoms with E-state index in [1.807, 2.05) is 7.05 Å². The topological polar surface area (TPSA) is 40.1 Å². The minimum absolute atomic E-state index is 0. The van der Waals surface area contributed by atoms with Gasteiger partial charge in [0.05, 0.1) is 6.61 Å². The quantitative estimate of drug-likeness (QED) is 0.344. The molecule has 1 saturated heterocycles. The first-order chi connectivity index (χ1) is 10.8. The Morgan fingerprint density at radius 2 is 2.17 bits per heavy atom. The molecule has 7 heteroatoms. The molecular formula is C16H33IN4OS. The molecule has 2 fully saturated rings. The molecule has 2 aliphatic rings. The summed E-state index contributed by atoms with van der Waals surface area (Å²) in [6, 6.07) is 0.787. The fourth-order valence-electron chi connectivity index (χ4n) is 2.93. The van der Waals surface area contributed by atoms with E-state index in [9.17, 15) is 0 Å². The minimum atomic E-state index is 0. The summed E-state index contributed by atoms with van der Waals surface area (Å²) in [6.07, 6.45) is 3.94. The number of nitrogens with one attached hydrogen (secondary N) is 1. The summed E-state index contributed by atoms with van der Waals surface area (Å²) >= 11 is 2.10. The Balaban J connectivity index is 0.00000264. The molecule has 0 bridgehead atoms. The number of hydrogen-bond donors (Lipinski definition) is 1. The normalized spacial score (nSPS) is 22.2. The average molecular weight is 456 g/mol. The van der Waals surface area contributed by atoms with Gasteiger partial charge in [0.15, 0.2) is 5.96 Å². The molecule has 0 spiro atoms. The second-order valence-electron chi connectivity index (χ2n) is 6.08. The van der Waals surface area contributed by atoms with E-state index in [0.717, 1.165) is 56.6 Å². The number of methoxy groups -OCH3 is 1. The van der Waals surface area contributed by atoms with E-state index < -0.39 is 0 Å². The van der Waals surface area contributed by atoms with Crippen LogP contribution in [0.2, 0.25) is 0 Å². The standard InChI is InChI=1S/C16H32N4OS.HI/c1-4-15-13-20(10-12-22-15)16(17-2)18-7-8-19(9-11-21-3)14-5-6-14;/h14-15H,4-13H2,1-3H3,(H,17,18);1H. The first kappa shape index (κ1) is 21.3. The van der Waals surface area contributed by atoms with E-state index >= 15 is 0 Å². The molecule has 5 nitrogen and oxygen atoms in total. The third-order valence-electron chi connectivity index (χ3n) is 4.43. The van der Waals surface area contributed by atoms with Crippen LogP contribution in [0.3, 0.4) is 0 Å². The lowest BCUT2D eigenvalue weighted by Gasteiger charge is -2.34. The molecule has 2 rings (SSSR count). The maximum atomic E-state index is 5.22. The summed E-state index contributed by atoms with van der Waals surface area (Å²) in [5.41, 5.74) is 0. The van der Waals surface area contributed by atoms with Crippen molar-refractivity contribution in [1.82, 2.24) is 15.1 Å². The molecule has 1 atom stereocenters. The van der Waals surface area contributed by atoms with Crippen molar-refractivity contribution in [2.24, 2.45) is 4.99 Å². The fraction of sp³-hybridized carbons (Fsp3) is 0.938. The van der Waals surface area contributed by atoms with Crippen molar-refractivity contribution in [1.29, 1.82) is 0 Å². The number of guanidine groups is 1. The maximum absolute atomic E-state index is 5.22. The zero-order valence-corrected chi connectivity index (χ0v) is 17.9. The van der Waals surface area contributed by atoms with Crippen LogP contribution in [0.5, 0.6) is 0 Å². The third kappa shape index (κ3) is 7.36. The van der Waals surface area contributed by atoms with Gasteiger partial charge in [0.2, 0.25) is 0 Å². The largest absolute Gasteiger partial charge is 0.383 e. The Hall–Kier alpha value is 0.270. The van der Waals surface area contributed by atoms with Gasteiger partial charge in [-0.1, -0.05) is 6.92 Å². The highest BCUT2D eigenvalue weighted by atomic mass is 127. The zero-order chi connectivity index (χ0) is 15.8. The number of rotatable bonds is 8. The maximum Gasteiger partial charge on any atom is 0.193 e. The van der Waals surface area contributed by atoms with Crippen LogP contribution in [0, 0.1) is 0 Å². The molecule has 23 heavy (non-hydrogen) atoms. The lowest BCUT2D eigenvalue weighted by atomic mass is 10.3. The molecular weight excluding hydrogens is 423 g/mol. The highest BCUT2D eigenvalue weighted by molar-refractivity contribution is 14.0. The molecule has 136 valence electrons. The van der Waals surface area contributed by atoms with Crippen LogP contribution in [0.15, 0.2) is 4.99 Å². The Kier molecular flexibility index (Phi) is 10.9. The zero-order valence-electron chi connectivity index (χ0n) is 14.8. The molecule has 1 N–H and O–H groups in total. The highest BCUT2D eigenvalue weighted by Crippen LogP contribution is 2.26. The second kappa shape index (κ2) is 11.8. The predicted octanol–water partition coefficient (Wildman–Crippen LogP) is 2.12. The van der Waals surface area contributed by atoms with Gasteiger partial charge in [-0.15, -0.1) is 24.0 Å². The molecule has 0 radical (unpaired) electrons. The molecule has 0 aromatic rings. The van der Waals surface area contributed by atoms with E-state index in [1.165, 1.54) is 25.0 Å². The molecule has 1 aliphatic heterocycles. The minimum Gasteiger partial charge on any atom is -0.383 e. The highest BCUT2D eigenvalue weighted by Gasteiger charge is 2.28. The smallest absolute Gasteiger partial charge is 0.193 e. The van der Waals surface area contributed by atoms with Gasteiger partial charge in [0, 0.05) is 63.9 Å². The molecule has 0 amide bonds. The van der Waals surface area contributed by atoms with Crippen molar-refractivity contribution in [3.05, 3.63) is 0 Å². The van der Waals surface area contributed by atoms with Crippen LogP contribution in [0.1, 0.15) is 26.2 Å². The number of hydrogen-bond acceptors (Lipinski definition) is 4. The number of aliphatic imine (C=N–C) groups is 1. The van der Waals surface area contributed by atoms with Crippen LogP contribution in [-0.2, 0) is 4.74 Å². The summed E-state index contributed by atoms with van der Waals surface area (Å²) in [6.45, 7) is 8.42. The van der Waals surface area contributed by atoms with Gasteiger partial charge in [0.1, 0.15) is 0 Å². The number of thioether (sulfide) groups is 1. The Bertz CT molecular complexity index is 355. The van der Waals surface area contributed by atoms with Crippen LogP contribution >= 0.6 is 35.7 Å². The van der Waals surface area contributed by atoms with Crippen LogP contribution < -0.4 is 5.32 Å². The molecule has 0 aromatic carbocycles. The van der Waals surface area contributed by atoms with Gasteiger partial charge in [-0.05, 0) is 19.3 Å². The van der Waals surface area contributed by atoms with E-state index in [0.29, 0.717) is 0 Å². The lowest BCUT2D eigenvalue weighted by Crippen LogP contribution is -2.49. The Labute approximate surface area is 163 Å². The van der Waals surface area contributed by atoms with Crippen molar-refractivity contribution < 1.29 is 4.74 Å². The molecule has 1 unspecified atom stereocenters. The molecule has 0 aromatic heterocycles. The van der Waals surface area contributed by atoms with Gasteiger partial charge < -0.3 is 15.0 Å². The van der Waals surface area contributed by atoms with Crippen LogP contribution in [-0.4, -0.2) is 86.3 Å². The second-order valence-corrected chi connectivity index (χ2v) is 7.49. The monoisotopic (exact) mass is 456 g/mol. The van der Waals surface area contributed by atoms with Gasteiger partial charge in [-0.3, -0.25) is 9.89 Å². The van der Waals surface area contributed by atoms with Gasteiger partial charge >= 0.3 is 0 Å². The molecule has 1 saturated carbocycles. The van der Waals surface area contributed by atoms with E-state index in [-0.39, 0.29) is 24.0 Å². The third-order valence-corrected chi connectivity index (χ3v) is 5.81. The number of ether oxygens (including phenoxy) is 1. The van der Waals surface area contributed by atoms with Crippen molar-refractivity contribution in [3.63, 3.8) is 0 Å². The number of nitrogens with zero attached hydrogens (tertiary/aromatic N) is 3. The number of halogens is 1. The van der Waals surface area contributed by atoms with Gasteiger partial charge in [-0.25, -0.2) is 0 Å². The first-order valence-corrected chi connectivity index (χ1v) is 9.63. The summed E-state index contributed by atoms with van der Waals surface area (Å²) in [5.74, 6) is 2.28. The summed E-state index contributed by atoms with van der Waals surface area (Å²) < 4.78 is 5.22. The van der Waals surface area contributed by atoms with E-state index in [4.69, 9.17) is 4.74 Å². The summed E-state index contributed by atoms with van der Waals surface area (Å²) in [4.78, 5) is 9.44. The Morgan fingerprint density at radius 3 is 2.78 bits per heavy atom. The predicted molar refractivity (Wildman–Crippen MR) is 111 cm³/mol. The van der Waals surface area contributed by atoms with Crippen molar-refractivity contribution in [3.8, 4) is 0 Å². The summed E-state index contributed by atoms with van der Waals surface area (Å²) in [5, 5.41) is 4.30. The van der Waals surface area contributed by atoms with Gasteiger partial charge in [-0.2, -0.15) is 11.8 Å². The van der Waals surface area contributed by atoms with E-state index in [1.54, 1.807) is 7.11 Å². The first-order valence-electron chi connectivity index (χ1n) is 8.58. The van der Waals surface area contributed by atoms with E-state index in [2.05, 4.69) is 38.8 Å². The average Bonchev–Trinajstić information content (AvgIpc) is 3.39. The molecule has 1 aliphatic carbocycles. The van der Waals surface area contributed by atoms with Crippen LogP contribution in [0.4, 0.5) is 0 Å². The Morgan fingerprint density at radius 1 is 1.39 bits per heavy atom. The summed E-state index contributed by atoms with van der Waals surface area (Å²) in [7, 11) is 3.68. The lowest BCUT2D eigenvalue weighted by molar-refractivity contribution is 0.144. The van der Waals surface area contributed by atoms with Crippen molar-refractivity contribution >= 4 is 41.7 Å². The van der Waals surface area contributed by atoms with Crippen molar-refractivity contribution in [2.45, 2.75) is 37.5 Å². The fourth-order valence-corrected chi connectivity index (χ4v) is 4.11. The molecule has 1 heterocycles. The van der Waals surface area contributed by atoms with Gasteiger partial charge in [0.25, 0.3) is 0 Å².